The predicted octanol–water partition coefficient (Wildman–Crippen LogP) is 1.09. The number of ether oxygens (including phenoxy) is 1. The van der Waals surface area contributed by atoms with Crippen LogP contribution in [0.1, 0.15) is 18.4 Å². The summed E-state index contributed by atoms with van der Waals surface area (Å²) in [6.07, 6.45) is 1.11. The molecule has 2 atom stereocenters. The van der Waals surface area contributed by atoms with Gasteiger partial charge in [0.25, 0.3) is 0 Å². The van der Waals surface area contributed by atoms with Gasteiger partial charge in [0, 0.05) is 18.1 Å². The van der Waals surface area contributed by atoms with Crippen molar-refractivity contribution in [3.05, 3.63) is 34.9 Å². The topological polar surface area (TPSA) is 70.6 Å². The summed E-state index contributed by atoms with van der Waals surface area (Å²) in [5, 5.41) is 16.4. The SMILES string of the molecule is O=C1NCCCC1NCC(O)COCc1ccccc1Cl. The van der Waals surface area contributed by atoms with Crippen molar-refractivity contribution < 1.29 is 14.6 Å². The van der Waals surface area contributed by atoms with Crippen molar-refractivity contribution in [2.75, 3.05) is 19.7 Å². The molecular weight excluding hydrogens is 292 g/mol. The minimum atomic E-state index is -0.651. The zero-order valence-electron chi connectivity index (χ0n) is 11.8. The van der Waals surface area contributed by atoms with Crippen molar-refractivity contribution >= 4 is 17.5 Å². The fraction of sp³-hybridized carbons (Fsp3) is 0.533. The van der Waals surface area contributed by atoms with Crippen LogP contribution in [0.2, 0.25) is 5.02 Å². The molecule has 1 fully saturated rings. The average molecular weight is 313 g/mol. The normalized spacial score (nSPS) is 20.1. The molecular formula is C15H21ClN2O3. The summed E-state index contributed by atoms with van der Waals surface area (Å²) in [5.74, 6) is 0.00503. The maximum atomic E-state index is 11.5. The third-order valence-electron chi connectivity index (χ3n) is 3.41. The van der Waals surface area contributed by atoms with E-state index >= 15 is 0 Å². The van der Waals surface area contributed by atoms with E-state index in [0.29, 0.717) is 18.2 Å². The van der Waals surface area contributed by atoms with Crippen LogP contribution in [0, 0.1) is 0 Å². The Balaban J connectivity index is 1.64. The maximum Gasteiger partial charge on any atom is 0.237 e. The van der Waals surface area contributed by atoms with E-state index < -0.39 is 6.10 Å². The minimum Gasteiger partial charge on any atom is -0.389 e. The van der Waals surface area contributed by atoms with Crippen LogP contribution < -0.4 is 10.6 Å². The van der Waals surface area contributed by atoms with Crippen LogP contribution in [-0.2, 0) is 16.1 Å². The Bertz CT molecular complexity index is 470. The summed E-state index contributed by atoms with van der Waals surface area (Å²) in [4.78, 5) is 11.5. The molecule has 1 aromatic carbocycles. The summed E-state index contributed by atoms with van der Waals surface area (Å²) < 4.78 is 5.45. The molecule has 3 N–H and O–H groups in total. The third kappa shape index (κ3) is 5.28. The van der Waals surface area contributed by atoms with Gasteiger partial charge in [-0.05, 0) is 24.5 Å². The Kier molecular flexibility index (Phi) is 6.45. The molecule has 21 heavy (non-hydrogen) atoms. The van der Waals surface area contributed by atoms with Gasteiger partial charge >= 0.3 is 0 Å². The molecule has 0 aromatic heterocycles. The van der Waals surface area contributed by atoms with Gasteiger partial charge in [-0.1, -0.05) is 29.8 Å². The average Bonchev–Trinajstić information content (AvgIpc) is 2.48. The van der Waals surface area contributed by atoms with E-state index in [9.17, 15) is 9.90 Å². The first-order chi connectivity index (χ1) is 10.2. The Morgan fingerprint density at radius 2 is 2.29 bits per heavy atom. The lowest BCUT2D eigenvalue weighted by molar-refractivity contribution is -0.124. The Hall–Kier alpha value is -1.14. The molecule has 1 amide bonds. The van der Waals surface area contributed by atoms with Gasteiger partial charge in [-0.25, -0.2) is 0 Å². The highest BCUT2D eigenvalue weighted by atomic mass is 35.5. The Morgan fingerprint density at radius 3 is 3.05 bits per heavy atom. The van der Waals surface area contributed by atoms with Crippen molar-refractivity contribution in [3.8, 4) is 0 Å². The Morgan fingerprint density at radius 1 is 1.48 bits per heavy atom. The summed E-state index contributed by atoms with van der Waals surface area (Å²) in [6, 6.07) is 7.24. The van der Waals surface area contributed by atoms with Crippen molar-refractivity contribution in [1.29, 1.82) is 0 Å². The first-order valence-corrected chi connectivity index (χ1v) is 7.55. The fourth-order valence-electron chi connectivity index (χ4n) is 2.22. The largest absolute Gasteiger partial charge is 0.389 e. The molecule has 0 aliphatic carbocycles. The van der Waals surface area contributed by atoms with E-state index in [0.717, 1.165) is 24.9 Å². The second-order valence-corrected chi connectivity index (χ2v) is 5.56. The maximum absolute atomic E-state index is 11.5. The number of rotatable bonds is 7. The number of hydrogen-bond donors (Lipinski definition) is 3. The zero-order chi connectivity index (χ0) is 15.1. The molecule has 1 heterocycles. The minimum absolute atomic E-state index is 0.00503. The smallest absolute Gasteiger partial charge is 0.237 e. The molecule has 2 unspecified atom stereocenters. The highest BCUT2D eigenvalue weighted by Crippen LogP contribution is 2.15. The van der Waals surface area contributed by atoms with Crippen molar-refractivity contribution in [2.45, 2.75) is 31.6 Å². The van der Waals surface area contributed by atoms with Crippen LogP contribution in [0.3, 0.4) is 0 Å². The summed E-state index contributed by atoms with van der Waals surface area (Å²) in [5.41, 5.74) is 0.894. The molecule has 0 spiro atoms. The van der Waals surface area contributed by atoms with Gasteiger partial charge in [-0.2, -0.15) is 0 Å². The standard InChI is InChI=1S/C15H21ClN2O3/c16-13-5-2-1-4-11(13)9-21-10-12(19)8-18-14-6-3-7-17-15(14)20/h1-2,4-5,12,14,18-19H,3,6-10H2,(H,17,20). The van der Waals surface area contributed by atoms with E-state index in [1.54, 1.807) is 6.07 Å². The van der Waals surface area contributed by atoms with E-state index in [-0.39, 0.29) is 18.6 Å². The summed E-state index contributed by atoms with van der Waals surface area (Å²) in [7, 11) is 0. The van der Waals surface area contributed by atoms with Gasteiger partial charge in [0.2, 0.25) is 5.91 Å². The molecule has 1 saturated heterocycles. The van der Waals surface area contributed by atoms with Gasteiger partial charge in [0.05, 0.1) is 25.4 Å². The molecule has 0 radical (unpaired) electrons. The van der Waals surface area contributed by atoms with Crippen molar-refractivity contribution in [2.24, 2.45) is 0 Å². The van der Waals surface area contributed by atoms with Crippen LogP contribution in [0.4, 0.5) is 0 Å². The highest BCUT2D eigenvalue weighted by molar-refractivity contribution is 6.31. The van der Waals surface area contributed by atoms with Gasteiger partial charge < -0.3 is 20.5 Å². The monoisotopic (exact) mass is 312 g/mol. The predicted molar refractivity (Wildman–Crippen MR) is 81.1 cm³/mol. The number of carbonyl (C=O) groups excluding carboxylic acids is 1. The van der Waals surface area contributed by atoms with Crippen LogP contribution in [-0.4, -0.2) is 42.9 Å². The number of benzene rings is 1. The molecule has 6 heteroatoms. The van der Waals surface area contributed by atoms with Gasteiger partial charge in [-0.3, -0.25) is 4.79 Å². The van der Waals surface area contributed by atoms with Crippen LogP contribution in [0.5, 0.6) is 0 Å². The second kappa shape index (κ2) is 8.34. The zero-order valence-corrected chi connectivity index (χ0v) is 12.6. The third-order valence-corrected chi connectivity index (χ3v) is 3.78. The van der Waals surface area contributed by atoms with Crippen LogP contribution >= 0.6 is 11.6 Å². The van der Waals surface area contributed by atoms with Crippen molar-refractivity contribution in [1.82, 2.24) is 10.6 Å². The first-order valence-electron chi connectivity index (χ1n) is 7.17. The molecule has 1 aromatic rings. The van der Waals surface area contributed by atoms with Gasteiger partial charge in [-0.15, -0.1) is 0 Å². The molecule has 2 rings (SSSR count). The molecule has 116 valence electrons. The Labute approximate surface area is 129 Å². The number of nitrogens with one attached hydrogen (secondary N) is 2. The van der Waals surface area contributed by atoms with Crippen LogP contribution in [0.15, 0.2) is 24.3 Å². The van der Waals surface area contributed by atoms with E-state index in [2.05, 4.69) is 10.6 Å². The van der Waals surface area contributed by atoms with Gasteiger partial charge in [0.1, 0.15) is 0 Å². The molecule has 1 aliphatic heterocycles. The first kappa shape index (κ1) is 16.2. The molecule has 0 saturated carbocycles. The van der Waals surface area contributed by atoms with E-state index in [1.807, 2.05) is 18.2 Å². The van der Waals surface area contributed by atoms with Crippen molar-refractivity contribution in [3.63, 3.8) is 0 Å². The number of aliphatic hydroxyl groups excluding tert-OH is 1. The molecule has 0 bridgehead atoms. The second-order valence-electron chi connectivity index (χ2n) is 5.15. The quantitative estimate of drug-likeness (QED) is 0.705. The number of carbonyl (C=O) groups is 1. The number of hydrogen-bond acceptors (Lipinski definition) is 4. The lowest BCUT2D eigenvalue weighted by Gasteiger charge is -2.24. The van der Waals surface area contributed by atoms with Crippen LogP contribution in [0.25, 0.3) is 0 Å². The van der Waals surface area contributed by atoms with Gasteiger partial charge in [0.15, 0.2) is 0 Å². The number of aliphatic hydroxyl groups is 1. The fourth-order valence-corrected chi connectivity index (χ4v) is 2.41. The number of halogens is 1. The number of piperidine rings is 1. The molecule has 5 nitrogen and oxygen atoms in total. The summed E-state index contributed by atoms with van der Waals surface area (Å²) in [6.45, 7) is 1.63. The number of amides is 1. The van der Waals surface area contributed by atoms with E-state index in [4.69, 9.17) is 16.3 Å². The lowest BCUT2D eigenvalue weighted by Crippen LogP contribution is -2.50. The molecule has 1 aliphatic rings. The van der Waals surface area contributed by atoms with E-state index in [1.165, 1.54) is 0 Å². The lowest BCUT2D eigenvalue weighted by atomic mass is 10.1. The highest BCUT2D eigenvalue weighted by Gasteiger charge is 2.21. The summed E-state index contributed by atoms with van der Waals surface area (Å²) >= 11 is 6.02.